The van der Waals surface area contributed by atoms with Crippen LogP contribution in [0.15, 0.2) is 34.9 Å². The van der Waals surface area contributed by atoms with Crippen molar-refractivity contribution < 1.29 is 14.3 Å². The van der Waals surface area contributed by atoms with Gasteiger partial charge in [0.2, 0.25) is 0 Å². The molecular formula is C19H28O3. The van der Waals surface area contributed by atoms with Crippen LogP contribution in [0.1, 0.15) is 60.3 Å². The number of esters is 1. The topological polar surface area (TPSA) is 43.4 Å². The Morgan fingerprint density at radius 1 is 1.32 bits per heavy atom. The van der Waals surface area contributed by atoms with Gasteiger partial charge in [-0.3, -0.25) is 9.59 Å². The molecule has 0 fully saturated rings. The zero-order valence-corrected chi connectivity index (χ0v) is 14.5. The predicted octanol–water partition coefficient (Wildman–Crippen LogP) is 4.54. The quantitative estimate of drug-likeness (QED) is 0.313. The highest BCUT2D eigenvalue weighted by Gasteiger charge is 2.26. The summed E-state index contributed by atoms with van der Waals surface area (Å²) >= 11 is 0. The number of allylic oxidation sites excluding steroid dienone is 6. The average molecular weight is 304 g/mol. The van der Waals surface area contributed by atoms with Crippen molar-refractivity contribution in [3.63, 3.8) is 0 Å². The molecule has 1 aliphatic carbocycles. The number of hydrogen-bond donors (Lipinski definition) is 0. The van der Waals surface area contributed by atoms with E-state index in [2.05, 4.69) is 26.8 Å². The zero-order chi connectivity index (χ0) is 16.8. The fourth-order valence-corrected chi connectivity index (χ4v) is 2.93. The Hall–Kier alpha value is -1.64. The minimum Gasteiger partial charge on any atom is -0.466 e. The summed E-state index contributed by atoms with van der Waals surface area (Å²) < 4.78 is 4.78. The van der Waals surface area contributed by atoms with E-state index >= 15 is 0 Å². The lowest BCUT2D eigenvalue weighted by Gasteiger charge is -2.32. The van der Waals surface area contributed by atoms with Gasteiger partial charge in [0, 0.05) is 0 Å². The van der Waals surface area contributed by atoms with E-state index in [1.165, 1.54) is 30.1 Å². The van der Waals surface area contributed by atoms with Gasteiger partial charge in [0.15, 0.2) is 5.78 Å². The van der Waals surface area contributed by atoms with Crippen molar-refractivity contribution in [1.29, 1.82) is 0 Å². The highest BCUT2D eigenvalue weighted by molar-refractivity contribution is 6.02. The number of carbonyl (C=O) groups is 2. The molecule has 0 amide bonds. The molecule has 0 aromatic carbocycles. The molecule has 0 saturated heterocycles. The largest absolute Gasteiger partial charge is 0.466 e. The van der Waals surface area contributed by atoms with Gasteiger partial charge in [-0.1, -0.05) is 31.6 Å². The highest BCUT2D eigenvalue weighted by Crippen LogP contribution is 2.40. The summed E-state index contributed by atoms with van der Waals surface area (Å²) in [5.41, 5.74) is 3.84. The number of ether oxygens (including phenoxy) is 1. The molecule has 3 nitrogen and oxygen atoms in total. The van der Waals surface area contributed by atoms with Crippen LogP contribution in [0.25, 0.3) is 0 Å². The first-order valence-electron chi connectivity index (χ1n) is 8.01. The molecule has 3 heteroatoms. The normalized spacial score (nSPS) is 18.7. The van der Waals surface area contributed by atoms with E-state index in [4.69, 9.17) is 4.74 Å². The number of rotatable bonds is 6. The lowest BCUT2D eigenvalue weighted by atomic mass is 9.72. The van der Waals surface area contributed by atoms with Gasteiger partial charge in [0.05, 0.1) is 6.61 Å². The minimum atomic E-state index is -0.465. The van der Waals surface area contributed by atoms with E-state index in [1.54, 1.807) is 6.92 Å². The second-order valence-corrected chi connectivity index (χ2v) is 6.60. The maximum atomic E-state index is 11.8. The molecule has 0 aromatic heterocycles. The number of ketones is 1. The van der Waals surface area contributed by atoms with Crippen molar-refractivity contribution in [1.82, 2.24) is 0 Å². The maximum Gasteiger partial charge on any atom is 0.313 e. The fourth-order valence-electron chi connectivity index (χ4n) is 2.93. The maximum absolute atomic E-state index is 11.8. The van der Waals surface area contributed by atoms with Crippen LogP contribution in [0.5, 0.6) is 0 Å². The third-order valence-corrected chi connectivity index (χ3v) is 4.07. The summed E-state index contributed by atoms with van der Waals surface area (Å²) in [6, 6.07) is 0. The predicted molar refractivity (Wildman–Crippen MR) is 89.5 cm³/mol. The van der Waals surface area contributed by atoms with E-state index < -0.39 is 5.97 Å². The van der Waals surface area contributed by atoms with Gasteiger partial charge in [0.1, 0.15) is 6.42 Å². The van der Waals surface area contributed by atoms with Crippen LogP contribution in [-0.4, -0.2) is 18.4 Å². The second kappa shape index (κ2) is 8.11. The second-order valence-electron chi connectivity index (χ2n) is 6.60. The van der Waals surface area contributed by atoms with Crippen LogP contribution >= 0.6 is 0 Å². The summed E-state index contributed by atoms with van der Waals surface area (Å²) in [7, 11) is 0. The monoisotopic (exact) mass is 304 g/mol. The van der Waals surface area contributed by atoms with Crippen molar-refractivity contribution in [2.45, 2.75) is 60.3 Å². The van der Waals surface area contributed by atoms with Crippen molar-refractivity contribution in [3.8, 4) is 0 Å². The highest BCUT2D eigenvalue weighted by atomic mass is 16.5. The van der Waals surface area contributed by atoms with E-state index in [1.807, 2.05) is 13.0 Å². The summed E-state index contributed by atoms with van der Waals surface area (Å²) in [6.45, 7) is 10.6. The van der Waals surface area contributed by atoms with Gasteiger partial charge in [-0.15, -0.1) is 0 Å². The molecule has 0 bridgehead atoms. The lowest BCUT2D eigenvalue weighted by molar-refractivity contribution is -0.144. The van der Waals surface area contributed by atoms with Crippen LogP contribution in [-0.2, 0) is 14.3 Å². The number of hydrogen-bond acceptors (Lipinski definition) is 3. The third-order valence-electron chi connectivity index (χ3n) is 4.07. The summed E-state index contributed by atoms with van der Waals surface area (Å²) in [6.07, 6.45) is 8.99. The van der Waals surface area contributed by atoms with Crippen LogP contribution in [0.2, 0.25) is 0 Å². The van der Waals surface area contributed by atoms with Gasteiger partial charge >= 0.3 is 5.97 Å². The average Bonchev–Trinajstić information content (AvgIpc) is 2.37. The Balaban J connectivity index is 2.74. The van der Waals surface area contributed by atoms with Crippen LogP contribution in [0, 0.1) is 5.41 Å². The van der Waals surface area contributed by atoms with Crippen molar-refractivity contribution in [2.24, 2.45) is 5.41 Å². The van der Waals surface area contributed by atoms with E-state index in [0.29, 0.717) is 6.61 Å². The van der Waals surface area contributed by atoms with Crippen LogP contribution in [0.4, 0.5) is 0 Å². The Morgan fingerprint density at radius 2 is 2.00 bits per heavy atom. The standard InChI is InChI=1S/C19H28O3/c1-6-22-18(21)13-16(20)12-14(2)9-10-17-15(3)8-7-11-19(17,4)5/h9-10,12H,6-8,11,13H2,1-5H3/b10-9+,14-12+. The van der Waals surface area contributed by atoms with Gasteiger partial charge in [-0.05, 0) is 62.7 Å². The molecule has 0 aromatic rings. The molecule has 0 saturated carbocycles. The Kier molecular flexibility index (Phi) is 6.79. The molecule has 0 radical (unpaired) electrons. The molecule has 1 aliphatic rings. The number of carbonyl (C=O) groups excluding carboxylic acids is 2. The van der Waals surface area contributed by atoms with Gasteiger partial charge in [-0.25, -0.2) is 0 Å². The minimum absolute atomic E-state index is 0.188. The van der Waals surface area contributed by atoms with Crippen molar-refractivity contribution in [3.05, 3.63) is 34.9 Å². The van der Waals surface area contributed by atoms with E-state index in [-0.39, 0.29) is 17.6 Å². The fraction of sp³-hybridized carbons (Fsp3) is 0.579. The molecule has 0 aliphatic heterocycles. The zero-order valence-electron chi connectivity index (χ0n) is 14.5. The molecule has 122 valence electrons. The molecule has 0 unspecified atom stereocenters. The van der Waals surface area contributed by atoms with E-state index in [0.717, 1.165) is 12.0 Å². The molecule has 0 N–H and O–H groups in total. The molecule has 0 spiro atoms. The van der Waals surface area contributed by atoms with Crippen LogP contribution < -0.4 is 0 Å². The molecule has 0 heterocycles. The van der Waals surface area contributed by atoms with Crippen molar-refractivity contribution >= 4 is 11.8 Å². The van der Waals surface area contributed by atoms with E-state index in [9.17, 15) is 9.59 Å². The van der Waals surface area contributed by atoms with Gasteiger partial charge in [0.25, 0.3) is 0 Å². The molecule has 0 atom stereocenters. The summed E-state index contributed by atoms with van der Waals surface area (Å²) in [5.74, 6) is -0.679. The van der Waals surface area contributed by atoms with Gasteiger partial charge in [-0.2, -0.15) is 0 Å². The first kappa shape index (κ1) is 18.4. The van der Waals surface area contributed by atoms with Crippen molar-refractivity contribution in [2.75, 3.05) is 6.61 Å². The molecule has 22 heavy (non-hydrogen) atoms. The Bertz CT molecular complexity index is 519. The Labute approximate surface area is 134 Å². The van der Waals surface area contributed by atoms with Crippen LogP contribution in [0.3, 0.4) is 0 Å². The molecular weight excluding hydrogens is 276 g/mol. The summed E-state index contributed by atoms with van der Waals surface area (Å²) in [5, 5.41) is 0. The first-order chi connectivity index (χ1) is 10.3. The third kappa shape index (κ3) is 5.63. The first-order valence-corrected chi connectivity index (χ1v) is 8.01. The SMILES string of the molecule is CCOC(=O)CC(=O)/C=C(C)/C=C/C1=C(C)CCCC1(C)C. The lowest BCUT2D eigenvalue weighted by Crippen LogP contribution is -2.19. The summed E-state index contributed by atoms with van der Waals surface area (Å²) in [4.78, 5) is 23.0. The van der Waals surface area contributed by atoms with Gasteiger partial charge < -0.3 is 4.74 Å². The molecule has 1 rings (SSSR count). The smallest absolute Gasteiger partial charge is 0.313 e. The Morgan fingerprint density at radius 3 is 2.59 bits per heavy atom.